The third-order valence-electron chi connectivity index (χ3n) is 9.52. The van der Waals surface area contributed by atoms with E-state index in [1.54, 1.807) is 0 Å². The fraction of sp³-hybridized carbons (Fsp3) is 0.474. The Morgan fingerprint density at radius 1 is 0.860 bits per heavy atom. The lowest BCUT2D eigenvalue weighted by Gasteiger charge is -2.45. The van der Waals surface area contributed by atoms with Crippen molar-refractivity contribution in [2.75, 3.05) is 13.2 Å². The molecular formula is C38H50O4Si. The van der Waals surface area contributed by atoms with E-state index in [2.05, 4.69) is 88.4 Å². The number of ether oxygens (including phenoxy) is 1. The predicted molar refractivity (Wildman–Crippen MR) is 178 cm³/mol. The first kappa shape index (κ1) is 33.0. The molecule has 0 saturated heterocycles. The van der Waals surface area contributed by atoms with Crippen molar-refractivity contribution in [1.82, 2.24) is 0 Å². The SMILES string of the molecule is CC(CC1C(=O)[C@@H](C)CC[C@@H]1[C@@H](C)CO[Si](c1ccccc1)(c1ccccc1)C(C)(C)C)C(=O)COCc1ccccc1. The second-order valence-corrected chi connectivity index (χ2v) is 18.0. The first-order valence-corrected chi connectivity index (χ1v) is 17.9. The Kier molecular flexibility index (Phi) is 11.3. The van der Waals surface area contributed by atoms with Crippen molar-refractivity contribution in [3.8, 4) is 0 Å². The van der Waals surface area contributed by atoms with Crippen molar-refractivity contribution in [2.24, 2.45) is 29.6 Å². The van der Waals surface area contributed by atoms with Gasteiger partial charge < -0.3 is 9.16 Å². The zero-order valence-corrected chi connectivity index (χ0v) is 27.9. The van der Waals surface area contributed by atoms with E-state index in [-0.39, 0.29) is 47.0 Å². The molecule has 5 atom stereocenters. The van der Waals surface area contributed by atoms with Crippen LogP contribution in [0.1, 0.15) is 66.4 Å². The fourth-order valence-electron chi connectivity index (χ4n) is 6.97. The zero-order chi connectivity index (χ0) is 31.0. The van der Waals surface area contributed by atoms with Gasteiger partial charge in [0.1, 0.15) is 12.4 Å². The van der Waals surface area contributed by atoms with Crippen molar-refractivity contribution < 1.29 is 18.8 Å². The molecule has 0 spiro atoms. The molecule has 0 aliphatic heterocycles. The molecule has 0 N–H and O–H groups in total. The number of carbonyl (C=O) groups is 2. The molecule has 0 heterocycles. The van der Waals surface area contributed by atoms with Crippen LogP contribution in [0.3, 0.4) is 0 Å². The summed E-state index contributed by atoms with van der Waals surface area (Å²) in [5, 5.41) is 2.42. The third-order valence-corrected chi connectivity index (χ3v) is 14.5. The number of hydrogen-bond donors (Lipinski definition) is 0. The second kappa shape index (κ2) is 14.7. The van der Waals surface area contributed by atoms with Crippen LogP contribution < -0.4 is 10.4 Å². The molecule has 43 heavy (non-hydrogen) atoms. The quantitative estimate of drug-likeness (QED) is 0.195. The van der Waals surface area contributed by atoms with Crippen LogP contribution in [-0.4, -0.2) is 33.1 Å². The van der Waals surface area contributed by atoms with Gasteiger partial charge in [0, 0.05) is 24.4 Å². The molecule has 1 aliphatic carbocycles. The van der Waals surface area contributed by atoms with E-state index in [0.717, 1.165) is 18.4 Å². The third kappa shape index (κ3) is 7.81. The van der Waals surface area contributed by atoms with Gasteiger partial charge in [0.05, 0.1) is 6.61 Å². The van der Waals surface area contributed by atoms with E-state index >= 15 is 0 Å². The smallest absolute Gasteiger partial charge is 0.261 e. The minimum Gasteiger partial charge on any atom is -0.407 e. The lowest BCUT2D eigenvalue weighted by Crippen LogP contribution is -2.67. The summed E-state index contributed by atoms with van der Waals surface area (Å²) in [4.78, 5) is 26.7. The Morgan fingerprint density at radius 2 is 1.40 bits per heavy atom. The lowest BCUT2D eigenvalue weighted by atomic mass is 9.66. The molecule has 1 aliphatic rings. The van der Waals surface area contributed by atoms with Crippen molar-refractivity contribution in [1.29, 1.82) is 0 Å². The Balaban J connectivity index is 1.50. The van der Waals surface area contributed by atoms with E-state index in [0.29, 0.717) is 25.4 Å². The van der Waals surface area contributed by atoms with Crippen molar-refractivity contribution >= 4 is 30.3 Å². The number of ketones is 2. The van der Waals surface area contributed by atoms with Crippen LogP contribution in [0.2, 0.25) is 5.04 Å². The van der Waals surface area contributed by atoms with Crippen LogP contribution in [-0.2, 0) is 25.4 Å². The zero-order valence-electron chi connectivity index (χ0n) is 26.9. The molecule has 0 aromatic heterocycles. The van der Waals surface area contributed by atoms with E-state index in [1.165, 1.54) is 10.4 Å². The average molecular weight is 599 g/mol. The van der Waals surface area contributed by atoms with E-state index in [9.17, 15) is 9.59 Å². The molecule has 3 aromatic rings. The Labute approximate surface area is 260 Å². The Bertz CT molecular complexity index is 1260. The fourth-order valence-corrected chi connectivity index (χ4v) is 11.6. The molecule has 3 aromatic carbocycles. The molecule has 1 fully saturated rings. The van der Waals surface area contributed by atoms with Crippen LogP contribution in [0, 0.1) is 29.6 Å². The number of hydrogen-bond acceptors (Lipinski definition) is 4. The van der Waals surface area contributed by atoms with Crippen molar-refractivity contribution in [2.45, 2.75) is 72.5 Å². The Morgan fingerprint density at radius 3 is 1.93 bits per heavy atom. The molecule has 0 radical (unpaired) electrons. The number of carbonyl (C=O) groups excluding carboxylic acids is 2. The highest BCUT2D eigenvalue weighted by Gasteiger charge is 2.51. The van der Waals surface area contributed by atoms with E-state index in [4.69, 9.17) is 9.16 Å². The van der Waals surface area contributed by atoms with Gasteiger partial charge in [-0.3, -0.25) is 9.59 Å². The minimum absolute atomic E-state index is 0.0303. The maximum atomic E-state index is 13.6. The standard InChI is InChI=1S/C38H50O4Si/c1-28-22-23-34(35(37(28)40)24-29(2)36(39)27-41-26-31-16-10-7-11-17-31)30(3)25-42-43(38(4,5)6,32-18-12-8-13-19-32)33-20-14-9-15-21-33/h7-21,28-30,34-35H,22-27H2,1-6H3/t28-,29?,30-,34+,35?/m0/s1. The van der Waals surface area contributed by atoms with E-state index in [1.807, 2.05) is 44.2 Å². The molecule has 5 heteroatoms. The summed E-state index contributed by atoms with van der Waals surface area (Å²) in [6.45, 7) is 14.2. The highest BCUT2D eigenvalue weighted by molar-refractivity contribution is 6.99. The molecule has 2 unspecified atom stereocenters. The van der Waals surface area contributed by atoms with Crippen LogP contribution in [0.25, 0.3) is 0 Å². The summed E-state index contributed by atoms with van der Waals surface area (Å²) in [6, 6.07) is 31.3. The molecular weight excluding hydrogens is 549 g/mol. The normalized spacial score (nSPS) is 20.9. The van der Waals surface area contributed by atoms with Gasteiger partial charge in [0.15, 0.2) is 5.78 Å². The number of rotatable bonds is 13. The first-order valence-electron chi connectivity index (χ1n) is 16.0. The summed E-state index contributed by atoms with van der Waals surface area (Å²) in [5.41, 5.74) is 1.05. The maximum Gasteiger partial charge on any atom is 0.261 e. The lowest BCUT2D eigenvalue weighted by molar-refractivity contribution is -0.135. The summed E-state index contributed by atoms with van der Waals surface area (Å²) in [5.74, 6) is 0.386. The van der Waals surface area contributed by atoms with Crippen LogP contribution in [0.15, 0.2) is 91.0 Å². The van der Waals surface area contributed by atoms with Crippen LogP contribution >= 0.6 is 0 Å². The van der Waals surface area contributed by atoms with E-state index < -0.39 is 8.32 Å². The predicted octanol–water partition coefficient (Wildman–Crippen LogP) is 7.24. The number of Topliss-reactive ketones (excluding diaryl/α,β-unsaturated/α-hetero) is 2. The molecule has 0 amide bonds. The molecule has 0 bridgehead atoms. The first-order chi connectivity index (χ1) is 20.5. The van der Waals surface area contributed by atoms with Gasteiger partial charge in [-0.15, -0.1) is 0 Å². The summed E-state index contributed by atoms with van der Waals surface area (Å²) < 4.78 is 13.0. The second-order valence-electron chi connectivity index (χ2n) is 13.7. The van der Waals surface area contributed by atoms with Gasteiger partial charge in [-0.1, -0.05) is 133 Å². The maximum absolute atomic E-state index is 13.6. The van der Waals surface area contributed by atoms with Gasteiger partial charge in [-0.25, -0.2) is 0 Å². The largest absolute Gasteiger partial charge is 0.407 e. The molecule has 4 nitrogen and oxygen atoms in total. The van der Waals surface area contributed by atoms with Crippen molar-refractivity contribution in [3.05, 3.63) is 96.6 Å². The summed E-state index contributed by atoms with van der Waals surface area (Å²) in [6.07, 6.45) is 2.45. The molecule has 1 saturated carbocycles. The van der Waals surface area contributed by atoms with Crippen molar-refractivity contribution in [3.63, 3.8) is 0 Å². The highest BCUT2D eigenvalue weighted by Crippen LogP contribution is 2.41. The Hall–Kier alpha value is -2.86. The molecule has 230 valence electrons. The molecule has 4 rings (SSSR count). The summed E-state index contributed by atoms with van der Waals surface area (Å²) in [7, 11) is -2.68. The number of benzene rings is 3. The minimum atomic E-state index is -2.68. The van der Waals surface area contributed by atoms with Gasteiger partial charge in [0.25, 0.3) is 8.32 Å². The average Bonchev–Trinajstić information content (AvgIpc) is 3.00. The highest BCUT2D eigenvalue weighted by atomic mass is 28.4. The van der Waals surface area contributed by atoms with Crippen LogP contribution in [0.4, 0.5) is 0 Å². The van der Waals surface area contributed by atoms with Gasteiger partial charge in [-0.05, 0) is 52.1 Å². The summed E-state index contributed by atoms with van der Waals surface area (Å²) >= 11 is 0. The monoisotopic (exact) mass is 598 g/mol. The topological polar surface area (TPSA) is 52.6 Å². The van der Waals surface area contributed by atoms with Crippen LogP contribution in [0.5, 0.6) is 0 Å². The van der Waals surface area contributed by atoms with Gasteiger partial charge in [-0.2, -0.15) is 0 Å². The van der Waals surface area contributed by atoms with Gasteiger partial charge >= 0.3 is 0 Å². The van der Waals surface area contributed by atoms with Gasteiger partial charge in [0.2, 0.25) is 0 Å².